The van der Waals surface area contributed by atoms with Crippen LogP contribution < -0.4 is 0 Å². The van der Waals surface area contributed by atoms with Crippen molar-refractivity contribution in [3.63, 3.8) is 0 Å². The van der Waals surface area contributed by atoms with Crippen molar-refractivity contribution >= 4 is 5.97 Å². The Labute approximate surface area is 91.8 Å². The van der Waals surface area contributed by atoms with E-state index in [1.54, 1.807) is 0 Å². The largest absolute Gasteiger partial charge is 0.481 e. The Kier molecular flexibility index (Phi) is 3.91. The number of hydrogen-bond donors (Lipinski definition) is 1. The summed E-state index contributed by atoms with van der Waals surface area (Å²) in [5.74, 6) is -0.636. The lowest BCUT2D eigenvalue weighted by Gasteiger charge is -2.26. The van der Waals surface area contributed by atoms with Crippen molar-refractivity contribution in [1.29, 1.82) is 0 Å². The zero-order valence-electron chi connectivity index (χ0n) is 9.70. The molecule has 0 aromatic carbocycles. The van der Waals surface area contributed by atoms with Crippen LogP contribution in [0.4, 0.5) is 0 Å². The number of rotatable bonds is 5. The van der Waals surface area contributed by atoms with E-state index in [0.717, 1.165) is 25.8 Å². The van der Waals surface area contributed by atoms with Crippen LogP contribution in [0.15, 0.2) is 12.7 Å². The van der Waals surface area contributed by atoms with E-state index < -0.39 is 11.4 Å². The van der Waals surface area contributed by atoms with Crippen LogP contribution in [-0.2, 0) is 4.79 Å². The highest BCUT2D eigenvalue weighted by Gasteiger charge is 2.44. The Morgan fingerprint density at radius 3 is 2.87 bits per heavy atom. The van der Waals surface area contributed by atoms with E-state index in [4.69, 9.17) is 0 Å². The summed E-state index contributed by atoms with van der Waals surface area (Å²) in [6.07, 6.45) is 4.36. The summed E-state index contributed by atoms with van der Waals surface area (Å²) in [7, 11) is 0. The van der Waals surface area contributed by atoms with Gasteiger partial charge in [-0.2, -0.15) is 0 Å². The first kappa shape index (κ1) is 12.2. The first-order chi connectivity index (χ1) is 7.05. The summed E-state index contributed by atoms with van der Waals surface area (Å²) in [4.78, 5) is 13.5. The smallest absolute Gasteiger partial charge is 0.310 e. The molecule has 0 bridgehead atoms. The van der Waals surface area contributed by atoms with Crippen LogP contribution in [-0.4, -0.2) is 35.1 Å². The molecule has 15 heavy (non-hydrogen) atoms. The topological polar surface area (TPSA) is 40.5 Å². The molecule has 1 aliphatic heterocycles. The lowest BCUT2D eigenvalue weighted by Crippen LogP contribution is -2.37. The Hall–Kier alpha value is -0.830. The highest BCUT2D eigenvalue weighted by atomic mass is 16.4. The van der Waals surface area contributed by atoms with Gasteiger partial charge < -0.3 is 5.11 Å². The maximum atomic E-state index is 11.3. The Balaban J connectivity index is 2.71. The van der Waals surface area contributed by atoms with Gasteiger partial charge in [0, 0.05) is 12.6 Å². The quantitative estimate of drug-likeness (QED) is 0.708. The minimum absolute atomic E-state index is 0.281. The van der Waals surface area contributed by atoms with Gasteiger partial charge in [-0.15, -0.1) is 6.58 Å². The van der Waals surface area contributed by atoms with E-state index in [9.17, 15) is 9.90 Å². The average Bonchev–Trinajstić information content (AvgIpc) is 2.63. The summed E-state index contributed by atoms with van der Waals surface area (Å²) in [6.45, 7) is 9.41. The van der Waals surface area contributed by atoms with Gasteiger partial charge in [0.15, 0.2) is 0 Å². The average molecular weight is 211 g/mol. The van der Waals surface area contributed by atoms with Crippen molar-refractivity contribution < 1.29 is 9.90 Å². The van der Waals surface area contributed by atoms with Crippen LogP contribution in [0.25, 0.3) is 0 Å². The predicted octanol–water partition coefficient (Wildman–Crippen LogP) is 2.14. The van der Waals surface area contributed by atoms with Crippen LogP contribution in [0.2, 0.25) is 0 Å². The summed E-state index contributed by atoms with van der Waals surface area (Å²) < 4.78 is 0. The molecule has 2 unspecified atom stereocenters. The fourth-order valence-corrected chi connectivity index (χ4v) is 2.37. The molecule has 1 heterocycles. The van der Waals surface area contributed by atoms with Gasteiger partial charge in [0.05, 0.1) is 5.41 Å². The zero-order chi connectivity index (χ0) is 11.5. The van der Waals surface area contributed by atoms with Gasteiger partial charge in [-0.25, -0.2) is 0 Å². The molecule has 3 nitrogen and oxygen atoms in total. The molecule has 0 saturated carbocycles. The van der Waals surface area contributed by atoms with Gasteiger partial charge in [-0.3, -0.25) is 9.69 Å². The predicted molar refractivity (Wildman–Crippen MR) is 60.8 cm³/mol. The molecule has 3 heteroatoms. The number of aliphatic carboxylic acids is 1. The zero-order valence-corrected chi connectivity index (χ0v) is 9.70. The number of carboxylic acids is 1. The molecule has 0 aliphatic carbocycles. The third-order valence-corrected chi connectivity index (χ3v) is 3.48. The fourth-order valence-electron chi connectivity index (χ4n) is 2.37. The minimum Gasteiger partial charge on any atom is -0.481 e. The third-order valence-electron chi connectivity index (χ3n) is 3.48. The molecular formula is C12H21NO2. The number of likely N-dealkylation sites (tertiary alicyclic amines) is 1. The van der Waals surface area contributed by atoms with Gasteiger partial charge in [-0.1, -0.05) is 19.4 Å². The van der Waals surface area contributed by atoms with Gasteiger partial charge in [-0.05, 0) is 26.3 Å². The molecule has 1 fully saturated rings. The van der Waals surface area contributed by atoms with Gasteiger partial charge in [0.1, 0.15) is 0 Å². The molecule has 1 saturated heterocycles. The van der Waals surface area contributed by atoms with Crippen molar-refractivity contribution in [3.8, 4) is 0 Å². The van der Waals surface area contributed by atoms with E-state index in [2.05, 4.69) is 18.4 Å². The van der Waals surface area contributed by atoms with E-state index >= 15 is 0 Å². The first-order valence-corrected chi connectivity index (χ1v) is 5.66. The lowest BCUT2D eigenvalue weighted by molar-refractivity contribution is -0.148. The highest BCUT2D eigenvalue weighted by Crippen LogP contribution is 2.36. The second-order valence-electron chi connectivity index (χ2n) is 4.53. The van der Waals surface area contributed by atoms with Crippen LogP contribution >= 0.6 is 0 Å². The lowest BCUT2D eigenvalue weighted by atomic mass is 9.83. The van der Waals surface area contributed by atoms with Crippen molar-refractivity contribution in [1.82, 2.24) is 4.90 Å². The van der Waals surface area contributed by atoms with Gasteiger partial charge in [0.25, 0.3) is 0 Å². The highest BCUT2D eigenvalue weighted by molar-refractivity contribution is 5.75. The SMILES string of the molecule is C=CC(C)N1CCC(CCC)(C(=O)O)C1. The molecule has 2 atom stereocenters. The van der Waals surface area contributed by atoms with Crippen molar-refractivity contribution in [2.45, 2.75) is 39.2 Å². The molecule has 1 rings (SSSR count). The summed E-state index contributed by atoms with van der Waals surface area (Å²) in [5, 5.41) is 9.31. The molecular weight excluding hydrogens is 190 g/mol. The molecule has 0 aromatic rings. The Morgan fingerprint density at radius 1 is 1.73 bits per heavy atom. The molecule has 86 valence electrons. The van der Waals surface area contributed by atoms with E-state index in [-0.39, 0.29) is 6.04 Å². The Morgan fingerprint density at radius 2 is 2.40 bits per heavy atom. The molecule has 1 aliphatic rings. The number of nitrogens with zero attached hydrogens (tertiary/aromatic N) is 1. The second-order valence-corrected chi connectivity index (χ2v) is 4.53. The van der Waals surface area contributed by atoms with Crippen LogP contribution in [0.3, 0.4) is 0 Å². The first-order valence-electron chi connectivity index (χ1n) is 5.66. The molecule has 0 amide bonds. The standard InChI is InChI=1S/C12H21NO2/c1-4-6-12(11(14)15)7-8-13(9-12)10(3)5-2/h5,10H,2,4,6-9H2,1,3H3,(H,14,15). The monoisotopic (exact) mass is 211 g/mol. The third kappa shape index (κ3) is 2.40. The molecule has 0 spiro atoms. The van der Waals surface area contributed by atoms with Gasteiger partial charge in [0.2, 0.25) is 0 Å². The number of hydrogen-bond acceptors (Lipinski definition) is 2. The van der Waals surface area contributed by atoms with Crippen LogP contribution in [0.5, 0.6) is 0 Å². The van der Waals surface area contributed by atoms with E-state index in [1.165, 1.54) is 0 Å². The summed E-state index contributed by atoms with van der Waals surface area (Å²) in [6, 6.07) is 0.281. The van der Waals surface area contributed by atoms with E-state index in [0.29, 0.717) is 6.54 Å². The fraction of sp³-hybridized carbons (Fsp3) is 0.750. The van der Waals surface area contributed by atoms with E-state index in [1.807, 2.05) is 13.0 Å². The van der Waals surface area contributed by atoms with Crippen molar-refractivity contribution in [2.24, 2.45) is 5.41 Å². The number of carboxylic acid groups (broad SMARTS) is 1. The van der Waals surface area contributed by atoms with Crippen LogP contribution in [0.1, 0.15) is 33.1 Å². The number of carbonyl (C=O) groups is 1. The summed E-state index contributed by atoms with van der Waals surface area (Å²) in [5.41, 5.74) is -0.508. The molecule has 1 N–H and O–H groups in total. The normalized spacial score (nSPS) is 28.9. The van der Waals surface area contributed by atoms with Crippen molar-refractivity contribution in [3.05, 3.63) is 12.7 Å². The minimum atomic E-state index is -0.636. The Bertz CT molecular complexity index is 252. The van der Waals surface area contributed by atoms with Gasteiger partial charge >= 0.3 is 5.97 Å². The maximum Gasteiger partial charge on any atom is 0.310 e. The second kappa shape index (κ2) is 4.79. The van der Waals surface area contributed by atoms with Crippen LogP contribution in [0, 0.1) is 5.41 Å². The molecule has 0 aromatic heterocycles. The molecule has 0 radical (unpaired) electrons. The summed E-state index contributed by atoms with van der Waals surface area (Å²) >= 11 is 0. The maximum absolute atomic E-state index is 11.3. The van der Waals surface area contributed by atoms with Crippen molar-refractivity contribution in [2.75, 3.05) is 13.1 Å².